The zero-order valence-corrected chi connectivity index (χ0v) is 13.6. The number of ketones is 1. The Labute approximate surface area is 140 Å². The third kappa shape index (κ3) is 3.40. The SMILES string of the molecule is CCC(=O)CCC(=O)NCc1ccnc2c1ccc1cccnc12. The number of pyridine rings is 2. The van der Waals surface area contributed by atoms with E-state index in [2.05, 4.69) is 15.3 Å². The van der Waals surface area contributed by atoms with Gasteiger partial charge >= 0.3 is 0 Å². The van der Waals surface area contributed by atoms with Crippen molar-refractivity contribution in [2.24, 2.45) is 0 Å². The fourth-order valence-electron chi connectivity index (χ4n) is 2.68. The molecule has 0 bridgehead atoms. The molecule has 122 valence electrons. The molecule has 0 aliphatic carbocycles. The number of rotatable bonds is 6. The Hall–Kier alpha value is -2.82. The lowest BCUT2D eigenvalue weighted by Gasteiger charge is -2.09. The number of aromatic nitrogens is 2. The fourth-order valence-corrected chi connectivity index (χ4v) is 2.68. The van der Waals surface area contributed by atoms with E-state index < -0.39 is 0 Å². The third-order valence-corrected chi connectivity index (χ3v) is 4.07. The Kier molecular flexibility index (Phi) is 4.79. The Morgan fingerprint density at radius 3 is 2.67 bits per heavy atom. The summed E-state index contributed by atoms with van der Waals surface area (Å²) in [5, 5.41) is 4.90. The molecule has 0 fully saturated rings. The van der Waals surface area contributed by atoms with E-state index in [1.807, 2.05) is 37.3 Å². The lowest BCUT2D eigenvalue weighted by molar-refractivity contribution is -0.125. The van der Waals surface area contributed by atoms with Crippen LogP contribution in [0.1, 0.15) is 31.7 Å². The number of carbonyl (C=O) groups is 2. The summed E-state index contributed by atoms with van der Waals surface area (Å²) >= 11 is 0. The Bertz CT molecular complexity index is 905. The summed E-state index contributed by atoms with van der Waals surface area (Å²) in [4.78, 5) is 32.1. The maximum atomic E-state index is 11.9. The molecule has 1 N–H and O–H groups in total. The molecule has 24 heavy (non-hydrogen) atoms. The van der Waals surface area contributed by atoms with Crippen molar-refractivity contribution in [2.75, 3.05) is 0 Å². The molecule has 1 aromatic carbocycles. The molecule has 0 unspecified atom stereocenters. The Balaban J connectivity index is 1.79. The fraction of sp³-hybridized carbons (Fsp3) is 0.263. The van der Waals surface area contributed by atoms with E-state index in [4.69, 9.17) is 0 Å². The minimum Gasteiger partial charge on any atom is -0.352 e. The minimum absolute atomic E-state index is 0.108. The first-order chi connectivity index (χ1) is 11.7. The number of hydrogen-bond acceptors (Lipinski definition) is 4. The summed E-state index contributed by atoms with van der Waals surface area (Å²) in [6.07, 6.45) is 4.50. The topological polar surface area (TPSA) is 72.0 Å². The molecule has 5 heteroatoms. The molecule has 2 aromatic heterocycles. The summed E-state index contributed by atoms with van der Waals surface area (Å²) < 4.78 is 0. The number of fused-ring (bicyclic) bond motifs is 3. The molecule has 0 saturated carbocycles. The van der Waals surface area contributed by atoms with Gasteiger partial charge in [0.15, 0.2) is 0 Å². The average Bonchev–Trinajstić information content (AvgIpc) is 2.64. The molecule has 0 spiro atoms. The number of carbonyl (C=O) groups excluding carboxylic acids is 2. The zero-order chi connectivity index (χ0) is 16.9. The van der Waals surface area contributed by atoms with Crippen LogP contribution >= 0.6 is 0 Å². The monoisotopic (exact) mass is 321 g/mol. The number of hydrogen-bond donors (Lipinski definition) is 1. The maximum Gasteiger partial charge on any atom is 0.220 e. The van der Waals surface area contributed by atoms with Gasteiger partial charge in [-0.1, -0.05) is 25.1 Å². The van der Waals surface area contributed by atoms with Crippen LogP contribution in [-0.4, -0.2) is 21.7 Å². The van der Waals surface area contributed by atoms with Crippen molar-refractivity contribution in [3.05, 3.63) is 48.3 Å². The van der Waals surface area contributed by atoms with E-state index >= 15 is 0 Å². The van der Waals surface area contributed by atoms with Gasteiger partial charge in [-0.05, 0) is 17.7 Å². The highest BCUT2D eigenvalue weighted by Gasteiger charge is 2.09. The van der Waals surface area contributed by atoms with Gasteiger partial charge < -0.3 is 5.32 Å². The van der Waals surface area contributed by atoms with Crippen LogP contribution in [0.4, 0.5) is 0 Å². The largest absolute Gasteiger partial charge is 0.352 e. The first kappa shape index (κ1) is 16.1. The second-order valence-corrected chi connectivity index (χ2v) is 5.68. The van der Waals surface area contributed by atoms with Crippen molar-refractivity contribution in [2.45, 2.75) is 32.7 Å². The highest BCUT2D eigenvalue weighted by atomic mass is 16.2. The highest BCUT2D eigenvalue weighted by Crippen LogP contribution is 2.24. The lowest BCUT2D eigenvalue weighted by Crippen LogP contribution is -2.23. The van der Waals surface area contributed by atoms with E-state index in [9.17, 15) is 9.59 Å². The van der Waals surface area contributed by atoms with Crippen molar-refractivity contribution in [3.8, 4) is 0 Å². The second kappa shape index (κ2) is 7.17. The van der Waals surface area contributed by atoms with Gasteiger partial charge in [0, 0.05) is 49.0 Å². The van der Waals surface area contributed by atoms with E-state index in [1.54, 1.807) is 12.4 Å². The van der Waals surface area contributed by atoms with Crippen molar-refractivity contribution < 1.29 is 9.59 Å². The van der Waals surface area contributed by atoms with Crippen LogP contribution in [0.15, 0.2) is 42.7 Å². The molecule has 0 aliphatic rings. The quantitative estimate of drug-likeness (QED) is 0.708. The molecule has 0 saturated heterocycles. The number of amides is 1. The van der Waals surface area contributed by atoms with Crippen LogP contribution in [0.3, 0.4) is 0 Å². The number of nitrogens with one attached hydrogen (secondary N) is 1. The van der Waals surface area contributed by atoms with Crippen LogP contribution in [0.25, 0.3) is 21.8 Å². The molecule has 3 rings (SSSR count). The minimum atomic E-state index is -0.110. The molecular weight excluding hydrogens is 302 g/mol. The molecule has 0 radical (unpaired) electrons. The predicted molar refractivity (Wildman–Crippen MR) is 93.4 cm³/mol. The van der Waals surface area contributed by atoms with E-state index in [0.717, 1.165) is 27.4 Å². The summed E-state index contributed by atoms with van der Waals surface area (Å²) in [5.74, 6) is -0.00210. The van der Waals surface area contributed by atoms with E-state index in [0.29, 0.717) is 19.4 Å². The van der Waals surface area contributed by atoms with E-state index in [1.165, 1.54) is 0 Å². The summed E-state index contributed by atoms with van der Waals surface area (Å²) in [7, 11) is 0. The summed E-state index contributed by atoms with van der Waals surface area (Å²) in [6, 6.07) is 9.82. The van der Waals surface area contributed by atoms with Gasteiger partial charge in [0.2, 0.25) is 5.91 Å². The van der Waals surface area contributed by atoms with Crippen molar-refractivity contribution in [3.63, 3.8) is 0 Å². The van der Waals surface area contributed by atoms with Gasteiger partial charge in [-0.3, -0.25) is 19.6 Å². The maximum absolute atomic E-state index is 11.9. The van der Waals surface area contributed by atoms with Gasteiger partial charge in [-0.25, -0.2) is 0 Å². The van der Waals surface area contributed by atoms with Gasteiger partial charge in [0.1, 0.15) is 5.78 Å². The lowest BCUT2D eigenvalue weighted by atomic mass is 10.1. The Morgan fingerprint density at radius 1 is 1.00 bits per heavy atom. The van der Waals surface area contributed by atoms with Crippen molar-refractivity contribution in [1.29, 1.82) is 0 Å². The highest BCUT2D eigenvalue weighted by molar-refractivity contribution is 6.03. The van der Waals surface area contributed by atoms with Crippen molar-refractivity contribution in [1.82, 2.24) is 15.3 Å². The molecule has 5 nitrogen and oxygen atoms in total. The average molecular weight is 321 g/mol. The summed E-state index contributed by atoms with van der Waals surface area (Å²) in [6.45, 7) is 2.22. The van der Waals surface area contributed by atoms with E-state index in [-0.39, 0.29) is 18.1 Å². The van der Waals surface area contributed by atoms with Crippen LogP contribution in [0.5, 0.6) is 0 Å². The smallest absolute Gasteiger partial charge is 0.220 e. The van der Waals surface area contributed by atoms with Gasteiger partial charge in [0.05, 0.1) is 11.0 Å². The first-order valence-electron chi connectivity index (χ1n) is 8.08. The Morgan fingerprint density at radius 2 is 1.83 bits per heavy atom. The first-order valence-corrected chi connectivity index (χ1v) is 8.08. The van der Waals surface area contributed by atoms with Crippen molar-refractivity contribution >= 4 is 33.5 Å². The van der Waals surface area contributed by atoms with Crippen LogP contribution in [-0.2, 0) is 16.1 Å². The molecule has 0 aliphatic heterocycles. The number of benzene rings is 1. The summed E-state index contributed by atoms with van der Waals surface area (Å²) in [5.41, 5.74) is 2.68. The third-order valence-electron chi connectivity index (χ3n) is 4.07. The van der Waals surface area contributed by atoms with Crippen LogP contribution < -0.4 is 5.32 Å². The normalized spacial score (nSPS) is 10.9. The van der Waals surface area contributed by atoms with Crippen LogP contribution in [0, 0.1) is 0 Å². The molecular formula is C19H19N3O2. The molecule has 2 heterocycles. The number of nitrogens with zero attached hydrogens (tertiary/aromatic N) is 2. The van der Waals surface area contributed by atoms with Gasteiger partial charge in [-0.15, -0.1) is 0 Å². The standard InChI is InChI=1S/C19H19N3O2/c1-2-15(23)6-8-17(24)22-12-14-9-11-21-19-16(14)7-5-13-4-3-10-20-18(13)19/h3-5,7,9-11H,2,6,8,12H2,1H3,(H,22,24). The predicted octanol–water partition coefficient (Wildman–Crippen LogP) is 3.16. The van der Waals surface area contributed by atoms with Gasteiger partial charge in [0.25, 0.3) is 0 Å². The van der Waals surface area contributed by atoms with Gasteiger partial charge in [-0.2, -0.15) is 0 Å². The molecule has 0 atom stereocenters. The molecule has 3 aromatic rings. The number of Topliss-reactive ketones (excluding diaryl/α,β-unsaturated/α-hetero) is 1. The van der Waals surface area contributed by atoms with Crippen LogP contribution in [0.2, 0.25) is 0 Å². The molecule has 1 amide bonds. The second-order valence-electron chi connectivity index (χ2n) is 5.68. The zero-order valence-electron chi connectivity index (χ0n) is 13.6.